The number of phenols is 2. The third kappa shape index (κ3) is 7.09. The molecular weight excluding hydrogens is 536 g/mol. The van der Waals surface area contributed by atoms with Crippen LogP contribution in [0.4, 0.5) is 0 Å². The zero-order valence-corrected chi connectivity index (χ0v) is 21.8. The Bertz CT molecular complexity index is 1100. The summed E-state index contributed by atoms with van der Waals surface area (Å²) in [4.78, 5) is 25.3. The van der Waals surface area contributed by atoms with Gasteiger partial charge in [-0.15, -0.1) is 0 Å². The molecular formula is C26H34O14. The van der Waals surface area contributed by atoms with Gasteiger partial charge in [0.25, 0.3) is 0 Å². The van der Waals surface area contributed by atoms with Crippen LogP contribution in [0.3, 0.4) is 0 Å². The molecule has 0 aliphatic carbocycles. The lowest BCUT2D eigenvalue weighted by Gasteiger charge is -2.42. The summed E-state index contributed by atoms with van der Waals surface area (Å²) in [5, 5.41) is 68.7. The lowest BCUT2D eigenvalue weighted by atomic mass is 9.86. The number of methoxy groups -OCH3 is 1. The van der Waals surface area contributed by atoms with Gasteiger partial charge >= 0.3 is 11.9 Å². The summed E-state index contributed by atoms with van der Waals surface area (Å²) in [6, 6.07) is 4.21. The molecule has 222 valence electrons. The third-order valence-electron chi connectivity index (χ3n) is 6.66. The maximum Gasteiger partial charge on any atom is 0.337 e. The zero-order chi connectivity index (χ0) is 29.6. The van der Waals surface area contributed by atoms with Crippen molar-refractivity contribution in [1.29, 1.82) is 0 Å². The maximum absolute atomic E-state index is 12.9. The van der Waals surface area contributed by atoms with Gasteiger partial charge in [0.05, 0.1) is 45.2 Å². The number of carbonyl (C=O) groups excluding carboxylic acids is 2. The van der Waals surface area contributed by atoms with Crippen LogP contribution in [0, 0.1) is 5.92 Å². The largest absolute Gasteiger partial charge is 0.504 e. The minimum absolute atomic E-state index is 0.0795. The second-order valence-electron chi connectivity index (χ2n) is 9.34. The van der Waals surface area contributed by atoms with Gasteiger partial charge in [0.2, 0.25) is 6.29 Å². The van der Waals surface area contributed by atoms with Crippen molar-refractivity contribution in [2.45, 2.75) is 56.3 Å². The minimum Gasteiger partial charge on any atom is -0.504 e. The molecule has 1 aromatic rings. The van der Waals surface area contributed by atoms with Gasteiger partial charge in [-0.3, -0.25) is 4.79 Å². The number of aromatic hydroxyl groups is 2. The van der Waals surface area contributed by atoms with Crippen molar-refractivity contribution in [2.75, 3.05) is 26.9 Å². The van der Waals surface area contributed by atoms with Gasteiger partial charge in [0, 0.05) is 17.4 Å². The third-order valence-corrected chi connectivity index (χ3v) is 6.66. The van der Waals surface area contributed by atoms with Crippen molar-refractivity contribution < 1.29 is 69.0 Å². The highest BCUT2D eigenvalue weighted by Gasteiger charge is 2.47. The highest BCUT2D eigenvalue weighted by molar-refractivity contribution is 5.90. The van der Waals surface area contributed by atoms with E-state index in [4.69, 9.17) is 23.7 Å². The second-order valence-corrected chi connectivity index (χ2v) is 9.34. The Morgan fingerprint density at radius 1 is 1.07 bits per heavy atom. The van der Waals surface area contributed by atoms with E-state index in [1.54, 1.807) is 13.0 Å². The van der Waals surface area contributed by atoms with E-state index in [-0.39, 0.29) is 35.2 Å². The number of aliphatic hydroxyl groups is 5. The number of esters is 2. The predicted octanol–water partition coefficient (Wildman–Crippen LogP) is -1.10. The Balaban J connectivity index is 1.78. The van der Waals surface area contributed by atoms with Crippen molar-refractivity contribution in [1.82, 2.24) is 0 Å². The molecule has 1 aromatic carbocycles. The SMILES string of the molecule is COC(=O)C1=CO[C@@H](O[C@@H]2O[C@H](CO)[C@@H](O)[C@H](O)[C@H]2O)/C(=C\CO)[C@@H]1CC(=O)OC[C@H](C)c1ccc(O)c(O)c1. The van der Waals surface area contributed by atoms with Gasteiger partial charge in [0.1, 0.15) is 24.4 Å². The van der Waals surface area contributed by atoms with Gasteiger partial charge in [-0.25, -0.2) is 4.79 Å². The summed E-state index contributed by atoms with van der Waals surface area (Å²) in [5.74, 6) is -3.62. The van der Waals surface area contributed by atoms with E-state index in [0.29, 0.717) is 5.56 Å². The van der Waals surface area contributed by atoms with Crippen LogP contribution in [0.25, 0.3) is 0 Å². The first kappa shape index (κ1) is 31.3. The molecule has 0 radical (unpaired) electrons. The summed E-state index contributed by atoms with van der Waals surface area (Å²) < 4.78 is 26.7. The first-order valence-electron chi connectivity index (χ1n) is 12.4. The predicted molar refractivity (Wildman–Crippen MR) is 132 cm³/mol. The van der Waals surface area contributed by atoms with Crippen molar-refractivity contribution >= 4 is 11.9 Å². The first-order valence-corrected chi connectivity index (χ1v) is 12.4. The van der Waals surface area contributed by atoms with Crippen molar-refractivity contribution in [3.63, 3.8) is 0 Å². The Hall–Kier alpha value is -3.24. The number of hydrogen-bond acceptors (Lipinski definition) is 14. The Morgan fingerprint density at radius 2 is 1.80 bits per heavy atom. The van der Waals surface area contributed by atoms with Gasteiger partial charge < -0.3 is 59.4 Å². The molecule has 2 heterocycles. The van der Waals surface area contributed by atoms with Crippen molar-refractivity contribution in [2.24, 2.45) is 5.92 Å². The molecule has 3 rings (SSSR count). The smallest absolute Gasteiger partial charge is 0.337 e. The van der Waals surface area contributed by atoms with Crippen molar-refractivity contribution in [3.05, 3.63) is 47.2 Å². The van der Waals surface area contributed by atoms with Crippen LogP contribution in [-0.2, 0) is 33.3 Å². The van der Waals surface area contributed by atoms with E-state index in [9.17, 15) is 45.3 Å². The second kappa shape index (κ2) is 13.9. The van der Waals surface area contributed by atoms with Crippen LogP contribution in [-0.4, -0.2) is 112 Å². The standard InChI is InChI=1S/C26H34O14/c1-12(13-3-4-17(29)18(30)7-13)10-37-20(31)8-15-14(5-6-27)25(38-11-16(15)24(35)36-2)40-26-23(34)22(33)21(32)19(9-28)39-26/h3-5,7,11-12,15,19,21-23,25-30,32-34H,6,8-10H2,1-2H3/b14-5-/t12-,15-,19+,21+,22-,23+,25-,26-/m0/s1. The molecule has 1 fully saturated rings. The molecule has 2 aliphatic heterocycles. The molecule has 40 heavy (non-hydrogen) atoms. The van der Waals surface area contributed by atoms with E-state index in [1.807, 2.05) is 0 Å². The molecule has 1 saturated heterocycles. The highest BCUT2D eigenvalue weighted by atomic mass is 16.8. The molecule has 0 unspecified atom stereocenters. The van der Waals surface area contributed by atoms with E-state index in [0.717, 1.165) is 13.4 Å². The van der Waals surface area contributed by atoms with Gasteiger partial charge in [-0.05, 0) is 17.7 Å². The molecule has 0 spiro atoms. The topological polar surface area (TPSA) is 222 Å². The summed E-state index contributed by atoms with van der Waals surface area (Å²) in [6.07, 6.45) is -7.61. The fourth-order valence-corrected chi connectivity index (χ4v) is 4.32. The van der Waals surface area contributed by atoms with Gasteiger partial charge in [-0.2, -0.15) is 0 Å². The summed E-state index contributed by atoms with van der Waals surface area (Å²) in [5.41, 5.74) is 0.582. The molecule has 14 nitrogen and oxygen atoms in total. The number of rotatable bonds is 10. The van der Waals surface area contributed by atoms with Crippen LogP contribution < -0.4 is 0 Å². The summed E-state index contributed by atoms with van der Waals surface area (Å²) in [7, 11) is 1.12. The molecule has 0 amide bonds. The summed E-state index contributed by atoms with van der Waals surface area (Å²) >= 11 is 0. The van der Waals surface area contributed by atoms with E-state index in [2.05, 4.69) is 0 Å². The van der Waals surface area contributed by atoms with Crippen LogP contribution in [0.2, 0.25) is 0 Å². The van der Waals surface area contributed by atoms with E-state index < -0.39 is 74.5 Å². The number of ether oxygens (including phenoxy) is 5. The maximum atomic E-state index is 12.9. The van der Waals surface area contributed by atoms with Gasteiger partial charge in [-0.1, -0.05) is 19.1 Å². The zero-order valence-electron chi connectivity index (χ0n) is 21.8. The number of carbonyl (C=O) groups is 2. The van der Waals surface area contributed by atoms with Crippen LogP contribution in [0.1, 0.15) is 24.8 Å². The number of aliphatic hydroxyl groups excluding tert-OH is 5. The minimum atomic E-state index is -1.76. The lowest BCUT2D eigenvalue weighted by Crippen LogP contribution is -2.60. The molecule has 8 atom stereocenters. The number of hydrogen-bond donors (Lipinski definition) is 7. The fraction of sp³-hybridized carbons (Fsp3) is 0.538. The molecule has 0 aromatic heterocycles. The Labute approximate surface area is 229 Å². The first-order chi connectivity index (χ1) is 19.0. The number of benzene rings is 1. The van der Waals surface area contributed by atoms with Crippen LogP contribution in [0.15, 0.2) is 41.7 Å². The molecule has 14 heteroatoms. The monoisotopic (exact) mass is 570 g/mol. The van der Waals surface area contributed by atoms with E-state index >= 15 is 0 Å². The molecule has 2 aliphatic rings. The van der Waals surface area contributed by atoms with Crippen LogP contribution in [0.5, 0.6) is 11.5 Å². The lowest BCUT2D eigenvalue weighted by molar-refractivity contribution is -0.327. The van der Waals surface area contributed by atoms with Crippen molar-refractivity contribution in [3.8, 4) is 11.5 Å². The molecule has 7 N–H and O–H groups in total. The Morgan fingerprint density at radius 3 is 2.42 bits per heavy atom. The average molecular weight is 571 g/mol. The highest BCUT2D eigenvalue weighted by Crippen LogP contribution is 2.36. The van der Waals surface area contributed by atoms with E-state index in [1.165, 1.54) is 18.2 Å². The summed E-state index contributed by atoms with van der Waals surface area (Å²) in [6.45, 7) is 0.371. The van der Waals surface area contributed by atoms with Gasteiger partial charge in [0.15, 0.2) is 17.8 Å². The quantitative estimate of drug-likeness (QED) is 0.101. The number of phenolic OH excluding ortho intramolecular Hbond substituents is 2. The molecule has 0 bridgehead atoms. The Kier molecular flexibility index (Phi) is 10.9. The normalized spacial score (nSPS) is 30.2. The fourth-order valence-electron chi connectivity index (χ4n) is 4.32. The van der Waals surface area contributed by atoms with Crippen LogP contribution >= 0.6 is 0 Å². The average Bonchev–Trinajstić information content (AvgIpc) is 2.94. The molecule has 0 saturated carbocycles.